The molecule has 106 valence electrons. The van der Waals surface area contributed by atoms with Gasteiger partial charge in [0.05, 0.1) is 12.9 Å². The van der Waals surface area contributed by atoms with Crippen LogP contribution in [0.4, 0.5) is 8.78 Å². The van der Waals surface area contributed by atoms with E-state index in [0.717, 1.165) is 0 Å². The maximum absolute atomic E-state index is 14.0. The van der Waals surface area contributed by atoms with E-state index in [1.54, 1.807) is 0 Å². The number of aryl methyl sites for hydroxylation is 1. The molecule has 7 heteroatoms. The van der Waals surface area contributed by atoms with Crippen molar-refractivity contribution in [3.63, 3.8) is 0 Å². The lowest BCUT2D eigenvalue weighted by Crippen LogP contribution is -2.23. The lowest BCUT2D eigenvalue weighted by atomic mass is 9.84. The fraction of sp³-hybridized carbons (Fsp3) is 0.500. The fourth-order valence-electron chi connectivity index (χ4n) is 2.51. The number of methoxy groups -OCH3 is 1. The maximum atomic E-state index is 14.0. The van der Waals surface area contributed by atoms with Crippen LogP contribution in [0.25, 0.3) is 0 Å². The molecule has 0 heterocycles. The molecule has 0 aliphatic heterocycles. The molecule has 0 aromatic heterocycles. The fourth-order valence-corrected chi connectivity index (χ4v) is 3.39. The Morgan fingerprint density at radius 1 is 1.47 bits per heavy atom. The van der Waals surface area contributed by atoms with Gasteiger partial charge in [0.15, 0.2) is 17.4 Å². The standard InChI is InChI=1S/C12H14F2O4S/c1-18-12-10(13)5-8-3-2-7(6-19(15,16)17)4-9(8)11(12)14/h5,7H,2-4,6H2,1H3,(H,15,16,17). The number of hydrogen-bond acceptors (Lipinski definition) is 3. The van der Waals surface area contributed by atoms with E-state index in [1.165, 1.54) is 13.2 Å². The van der Waals surface area contributed by atoms with Crippen LogP contribution < -0.4 is 4.74 Å². The highest BCUT2D eigenvalue weighted by atomic mass is 32.2. The molecule has 1 aliphatic rings. The van der Waals surface area contributed by atoms with Crippen molar-refractivity contribution in [1.82, 2.24) is 0 Å². The summed E-state index contributed by atoms with van der Waals surface area (Å²) in [6.07, 6.45) is 1.00. The number of hydrogen-bond donors (Lipinski definition) is 1. The third-order valence-corrected chi connectivity index (χ3v) is 4.23. The number of halogens is 2. The largest absolute Gasteiger partial charge is 0.491 e. The van der Waals surface area contributed by atoms with Gasteiger partial charge in [-0.15, -0.1) is 0 Å². The minimum atomic E-state index is -4.09. The molecule has 0 saturated carbocycles. The summed E-state index contributed by atoms with van der Waals surface area (Å²) in [5, 5.41) is 0. The van der Waals surface area contributed by atoms with Crippen molar-refractivity contribution in [3.05, 3.63) is 28.8 Å². The molecule has 0 radical (unpaired) electrons. The van der Waals surface area contributed by atoms with Crippen LogP contribution in [0.5, 0.6) is 5.75 Å². The average Bonchev–Trinajstić information content (AvgIpc) is 2.29. The Labute approximate surface area is 110 Å². The smallest absolute Gasteiger partial charge is 0.265 e. The van der Waals surface area contributed by atoms with E-state index in [4.69, 9.17) is 4.55 Å². The molecule has 1 aliphatic carbocycles. The summed E-state index contributed by atoms with van der Waals surface area (Å²) in [5.41, 5.74) is 0.806. The highest BCUT2D eigenvalue weighted by molar-refractivity contribution is 7.85. The Balaban J connectivity index is 2.34. The van der Waals surface area contributed by atoms with Gasteiger partial charge in [0, 0.05) is 0 Å². The average molecular weight is 292 g/mol. The second kappa shape index (κ2) is 5.05. The molecular weight excluding hydrogens is 278 g/mol. The van der Waals surface area contributed by atoms with Crippen molar-refractivity contribution in [2.24, 2.45) is 5.92 Å². The zero-order chi connectivity index (χ0) is 14.2. The number of benzene rings is 1. The van der Waals surface area contributed by atoms with Crippen LogP contribution in [0.3, 0.4) is 0 Å². The van der Waals surface area contributed by atoms with Crippen LogP contribution in [0, 0.1) is 17.6 Å². The second-order valence-corrected chi connectivity index (χ2v) is 6.20. The van der Waals surface area contributed by atoms with Gasteiger partial charge in [0.25, 0.3) is 10.1 Å². The molecule has 1 aromatic carbocycles. The van der Waals surface area contributed by atoms with Crippen LogP contribution in [0.1, 0.15) is 17.5 Å². The molecule has 1 unspecified atom stereocenters. The molecule has 0 fully saturated rings. The Hall–Kier alpha value is -1.21. The molecule has 1 N–H and O–H groups in total. The summed E-state index contributed by atoms with van der Waals surface area (Å²) in [6.45, 7) is 0. The minimum absolute atomic E-state index is 0.150. The van der Waals surface area contributed by atoms with Gasteiger partial charge in [-0.05, 0) is 42.4 Å². The van der Waals surface area contributed by atoms with Crippen LogP contribution >= 0.6 is 0 Å². The van der Waals surface area contributed by atoms with Gasteiger partial charge in [-0.1, -0.05) is 0 Å². The predicted octanol–water partition coefficient (Wildman–Crippen LogP) is 1.97. The van der Waals surface area contributed by atoms with Crippen molar-refractivity contribution in [2.45, 2.75) is 19.3 Å². The third-order valence-electron chi connectivity index (χ3n) is 3.33. The van der Waals surface area contributed by atoms with Crippen LogP contribution in [0.15, 0.2) is 6.07 Å². The molecule has 2 rings (SSSR count). The van der Waals surface area contributed by atoms with Crippen molar-refractivity contribution >= 4 is 10.1 Å². The Bertz CT molecular complexity index is 598. The molecular formula is C12H14F2O4S. The summed E-state index contributed by atoms with van der Waals surface area (Å²) >= 11 is 0. The van der Waals surface area contributed by atoms with Gasteiger partial charge in [-0.3, -0.25) is 4.55 Å². The molecule has 4 nitrogen and oxygen atoms in total. The van der Waals surface area contributed by atoms with E-state index in [2.05, 4.69) is 4.74 Å². The molecule has 0 bridgehead atoms. The zero-order valence-electron chi connectivity index (χ0n) is 10.3. The number of ether oxygens (including phenoxy) is 1. The minimum Gasteiger partial charge on any atom is -0.491 e. The first kappa shape index (κ1) is 14.2. The van der Waals surface area contributed by atoms with Crippen molar-refractivity contribution in [2.75, 3.05) is 12.9 Å². The SMILES string of the molecule is COc1c(F)cc2c(c1F)CC(CS(=O)(=O)O)CC2. The van der Waals surface area contributed by atoms with E-state index in [-0.39, 0.29) is 17.9 Å². The van der Waals surface area contributed by atoms with E-state index in [9.17, 15) is 17.2 Å². The van der Waals surface area contributed by atoms with E-state index in [0.29, 0.717) is 18.4 Å². The Morgan fingerprint density at radius 3 is 2.74 bits per heavy atom. The van der Waals surface area contributed by atoms with Crippen molar-refractivity contribution in [3.8, 4) is 5.75 Å². The second-order valence-electron chi connectivity index (χ2n) is 4.70. The highest BCUT2D eigenvalue weighted by Crippen LogP contribution is 2.34. The topological polar surface area (TPSA) is 63.6 Å². The number of fused-ring (bicyclic) bond motifs is 1. The molecule has 0 amide bonds. The van der Waals surface area contributed by atoms with Crippen LogP contribution in [-0.4, -0.2) is 25.8 Å². The lowest BCUT2D eigenvalue weighted by molar-refractivity contribution is 0.351. The van der Waals surface area contributed by atoms with Crippen molar-refractivity contribution < 1.29 is 26.5 Å². The zero-order valence-corrected chi connectivity index (χ0v) is 11.1. The van der Waals surface area contributed by atoms with E-state index in [1.807, 2.05) is 0 Å². The molecule has 0 spiro atoms. The normalized spacial score (nSPS) is 19.1. The molecule has 1 aromatic rings. The van der Waals surface area contributed by atoms with E-state index >= 15 is 0 Å². The third kappa shape index (κ3) is 3.03. The highest BCUT2D eigenvalue weighted by Gasteiger charge is 2.28. The first-order chi connectivity index (χ1) is 8.81. The van der Waals surface area contributed by atoms with Crippen LogP contribution in [0.2, 0.25) is 0 Å². The summed E-state index contributed by atoms with van der Waals surface area (Å²) in [7, 11) is -2.92. The van der Waals surface area contributed by atoms with Crippen molar-refractivity contribution in [1.29, 1.82) is 0 Å². The number of rotatable bonds is 3. The van der Waals surface area contributed by atoms with Gasteiger partial charge >= 0.3 is 0 Å². The first-order valence-corrected chi connectivity index (χ1v) is 7.41. The summed E-state index contributed by atoms with van der Waals surface area (Å²) in [5.74, 6) is -2.77. The van der Waals surface area contributed by atoms with Gasteiger partial charge in [-0.25, -0.2) is 8.78 Å². The summed E-state index contributed by atoms with van der Waals surface area (Å²) in [6, 6.07) is 1.22. The van der Waals surface area contributed by atoms with E-state index < -0.39 is 33.3 Å². The quantitative estimate of drug-likeness (QED) is 0.865. The maximum Gasteiger partial charge on any atom is 0.265 e. The van der Waals surface area contributed by atoms with Crippen LogP contribution in [-0.2, 0) is 23.0 Å². The van der Waals surface area contributed by atoms with Gasteiger partial charge in [0.1, 0.15) is 0 Å². The summed E-state index contributed by atoms with van der Waals surface area (Å²) < 4.78 is 62.7. The first-order valence-electron chi connectivity index (χ1n) is 5.80. The predicted molar refractivity (Wildman–Crippen MR) is 64.8 cm³/mol. The Kier molecular flexibility index (Phi) is 3.78. The monoisotopic (exact) mass is 292 g/mol. The molecule has 19 heavy (non-hydrogen) atoms. The summed E-state index contributed by atoms with van der Waals surface area (Å²) in [4.78, 5) is 0. The van der Waals surface area contributed by atoms with Gasteiger partial charge in [0.2, 0.25) is 0 Å². The van der Waals surface area contributed by atoms with Gasteiger partial charge < -0.3 is 4.74 Å². The molecule has 1 atom stereocenters. The van der Waals surface area contributed by atoms with Gasteiger partial charge in [-0.2, -0.15) is 8.42 Å². The molecule has 0 saturated heterocycles. The lowest BCUT2D eigenvalue weighted by Gasteiger charge is -2.24. The Morgan fingerprint density at radius 2 is 2.16 bits per heavy atom.